The van der Waals surface area contributed by atoms with Gasteiger partial charge in [0.05, 0.1) is 6.04 Å². The first-order valence-corrected chi connectivity index (χ1v) is 7.66. The number of carbonyl (C=O) groups excluding carboxylic acids is 2. The minimum atomic E-state index is -0.434. The van der Waals surface area contributed by atoms with Crippen molar-refractivity contribution < 1.29 is 14.3 Å². The Hall–Kier alpha value is -1.84. The Morgan fingerprint density at radius 2 is 1.95 bits per heavy atom. The van der Waals surface area contributed by atoms with Gasteiger partial charge in [-0.05, 0) is 25.3 Å². The second-order valence-corrected chi connectivity index (χ2v) is 5.62. The highest BCUT2D eigenvalue weighted by molar-refractivity contribution is 5.73. The Morgan fingerprint density at radius 1 is 1.29 bits per heavy atom. The van der Waals surface area contributed by atoms with Gasteiger partial charge in [0.1, 0.15) is 12.9 Å². The average Bonchev–Trinajstić information content (AvgIpc) is 2.55. The van der Waals surface area contributed by atoms with Crippen LogP contribution in [0.1, 0.15) is 44.6 Å². The number of nitrogens with zero attached hydrogens (tertiary/aromatic N) is 1. The van der Waals surface area contributed by atoms with Gasteiger partial charge in [-0.15, -0.1) is 0 Å². The maximum absolute atomic E-state index is 12.4. The number of ether oxygens (including phenoxy) is 1. The number of rotatable bonds is 5. The van der Waals surface area contributed by atoms with E-state index in [9.17, 15) is 9.59 Å². The zero-order chi connectivity index (χ0) is 15.1. The number of hydrogen-bond acceptors (Lipinski definition) is 3. The van der Waals surface area contributed by atoms with E-state index >= 15 is 0 Å². The molecule has 0 aromatic heterocycles. The minimum Gasteiger partial charge on any atom is -0.445 e. The summed E-state index contributed by atoms with van der Waals surface area (Å²) in [6.45, 7) is 2.00. The van der Waals surface area contributed by atoms with Gasteiger partial charge in [0, 0.05) is 6.04 Å². The van der Waals surface area contributed by atoms with Crippen LogP contribution in [-0.4, -0.2) is 29.4 Å². The molecule has 1 amide bonds. The summed E-state index contributed by atoms with van der Waals surface area (Å²) in [7, 11) is 0. The van der Waals surface area contributed by atoms with E-state index in [4.69, 9.17) is 4.74 Å². The number of amides is 1. The summed E-state index contributed by atoms with van der Waals surface area (Å²) < 4.78 is 5.39. The Kier molecular flexibility index (Phi) is 5.78. The fourth-order valence-electron chi connectivity index (χ4n) is 2.87. The molecule has 1 saturated carbocycles. The van der Waals surface area contributed by atoms with Gasteiger partial charge >= 0.3 is 6.09 Å². The van der Waals surface area contributed by atoms with Gasteiger partial charge in [0.2, 0.25) is 0 Å². The summed E-state index contributed by atoms with van der Waals surface area (Å²) in [5.74, 6) is 0. The molecule has 0 saturated heterocycles. The first kappa shape index (κ1) is 15.5. The lowest BCUT2D eigenvalue weighted by molar-refractivity contribution is -0.112. The van der Waals surface area contributed by atoms with Crippen LogP contribution < -0.4 is 0 Å². The normalized spacial score (nSPS) is 17.0. The van der Waals surface area contributed by atoms with Gasteiger partial charge in [-0.2, -0.15) is 0 Å². The molecule has 114 valence electrons. The van der Waals surface area contributed by atoms with Crippen molar-refractivity contribution in [2.45, 2.75) is 57.7 Å². The van der Waals surface area contributed by atoms with Gasteiger partial charge in [0.25, 0.3) is 0 Å². The summed E-state index contributed by atoms with van der Waals surface area (Å²) in [5, 5.41) is 0. The van der Waals surface area contributed by atoms with Crippen molar-refractivity contribution in [1.82, 2.24) is 4.90 Å². The molecule has 0 N–H and O–H groups in total. The van der Waals surface area contributed by atoms with Crippen LogP contribution in [0.3, 0.4) is 0 Å². The highest BCUT2D eigenvalue weighted by atomic mass is 16.6. The monoisotopic (exact) mass is 289 g/mol. The van der Waals surface area contributed by atoms with Crippen LogP contribution in [0, 0.1) is 0 Å². The van der Waals surface area contributed by atoms with Crippen molar-refractivity contribution in [3.05, 3.63) is 35.9 Å². The van der Waals surface area contributed by atoms with E-state index in [1.807, 2.05) is 30.3 Å². The maximum Gasteiger partial charge on any atom is 0.410 e. The quantitative estimate of drug-likeness (QED) is 0.779. The van der Waals surface area contributed by atoms with Gasteiger partial charge in [-0.25, -0.2) is 4.79 Å². The zero-order valence-corrected chi connectivity index (χ0v) is 12.5. The van der Waals surface area contributed by atoms with Crippen LogP contribution in [-0.2, 0) is 16.1 Å². The second-order valence-electron chi connectivity index (χ2n) is 5.62. The van der Waals surface area contributed by atoms with Crippen molar-refractivity contribution in [2.75, 3.05) is 0 Å². The molecule has 4 nitrogen and oxygen atoms in total. The second kappa shape index (κ2) is 7.81. The highest BCUT2D eigenvalue weighted by Gasteiger charge is 2.30. The molecule has 0 radical (unpaired) electrons. The summed E-state index contributed by atoms with van der Waals surface area (Å²) in [5.41, 5.74) is 0.952. The van der Waals surface area contributed by atoms with Crippen LogP contribution in [0.5, 0.6) is 0 Å². The molecule has 2 rings (SSSR count). The zero-order valence-electron chi connectivity index (χ0n) is 12.5. The molecule has 0 spiro atoms. The first-order chi connectivity index (χ1) is 10.2. The molecule has 0 aliphatic heterocycles. The number of carbonyl (C=O) groups is 2. The largest absolute Gasteiger partial charge is 0.445 e. The number of benzene rings is 1. The van der Waals surface area contributed by atoms with Crippen LogP contribution >= 0.6 is 0 Å². The summed E-state index contributed by atoms with van der Waals surface area (Å²) >= 11 is 0. The Bertz CT molecular complexity index is 454. The van der Waals surface area contributed by atoms with Crippen LogP contribution in [0.4, 0.5) is 4.79 Å². The van der Waals surface area contributed by atoms with Crippen molar-refractivity contribution in [2.24, 2.45) is 0 Å². The molecule has 0 bridgehead atoms. The standard InChI is InChI=1S/C17H23NO3/c1-14(12-19)18(16-10-6-3-7-11-16)17(20)21-13-15-8-4-2-5-9-15/h2,4-5,8-9,12,14,16H,3,6-7,10-11,13H2,1H3/t14-/m0/s1. The van der Waals surface area contributed by atoms with Crippen LogP contribution in [0.2, 0.25) is 0 Å². The van der Waals surface area contributed by atoms with E-state index in [1.54, 1.807) is 11.8 Å². The molecular formula is C17H23NO3. The van der Waals surface area contributed by atoms with Crippen molar-refractivity contribution in [3.63, 3.8) is 0 Å². The lowest BCUT2D eigenvalue weighted by Crippen LogP contribution is -2.47. The lowest BCUT2D eigenvalue weighted by Gasteiger charge is -2.35. The predicted molar refractivity (Wildman–Crippen MR) is 80.9 cm³/mol. The topological polar surface area (TPSA) is 46.6 Å². The summed E-state index contributed by atoms with van der Waals surface area (Å²) in [4.78, 5) is 25.1. The fourth-order valence-corrected chi connectivity index (χ4v) is 2.87. The summed E-state index contributed by atoms with van der Waals surface area (Å²) in [6, 6.07) is 9.28. The predicted octanol–water partition coefficient (Wildman–Crippen LogP) is 3.55. The molecular weight excluding hydrogens is 266 g/mol. The average molecular weight is 289 g/mol. The van der Waals surface area contributed by atoms with Crippen molar-refractivity contribution in [3.8, 4) is 0 Å². The summed E-state index contributed by atoms with van der Waals surface area (Å²) in [6.07, 6.45) is 5.77. The van der Waals surface area contributed by atoms with Crippen molar-refractivity contribution >= 4 is 12.4 Å². The van der Waals surface area contributed by atoms with Gasteiger partial charge in [-0.1, -0.05) is 49.6 Å². The molecule has 4 heteroatoms. The molecule has 21 heavy (non-hydrogen) atoms. The van der Waals surface area contributed by atoms with E-state index < -0.39 is 6.04 Å². The third-order valence-electron chi connectivity index (χ3n) is 4.02. The SMILES string of the molecule is C[C@@H](C=O)N(C(=O)OCc1ccccc1)C1CCCCC1. The van der Waals surface area contributed by atoms with Crippen LogP contribution in [0.15, 0.2) is 30.3 Å². The van der Waals surface area contributed by atoms with E-state index in [0.717, 1.165) is 37.5 Å². The van der Waals surface area contributed by atoms with Gasteiger partial charge in [0.15, 0.2) is 0 Å². The highest BCUT2D eigenvalue weighted by Crippen LogP contribution is 2.24. The minimum absolute atomic E-state index is 0.127. The molecule has 1 aromatic carbocycles. The molecule has 1 atom stereocenters. The molecule has 1 aliphatic carbocycles. The Labute approximate surface area is 126 Å². The third kappa shape index (κ3) is 4.31. The van der Waals surface area contributed by atoms with E-state index in [-0.39, 0.29) is 18.7 Å². The molecule has 1 aliphatic rings. The molecule has 0 heterocycles. The maximum atomic E-state index is 12.4. The third-order valence-corrected chi connectivity index (χ3v) is 4.02. The lowest BCUT2D eigenvalue weighted by atomic mass is 9.93. The number of hydrogen-bond donors (Lipinski definition) is 0. The Morgan fingerprint density at radius 3 is 2.57 bits per heavy atom. The molecule has 1 fully saturated rings. The van der Waals surface area contributed by atoms with E-state index in [1.165, 1.54) is 6.42 Å². The van der Waals surface area contributed by atoms with Gasteiger partial charge in [-0.3, -0.25) is 4.90 Å². The molecule has 1 aromatic rings. The van der Waals surface area contributed by atoms with E-state index in [0.29, 0.717) is 0 Å². The fraction of sp³-hybridized carbons (Fsp3) is 0.529. The smallest absolute Gasteiger partial charge is 0.410 e. The first-order valence-electron chi connectivity index (χ1n) is 7.66. The van der Waals surface area contributed by atoms with E-state index in [2.05, 4.69) is 0 Å². The Balaban J connectivity index is 1.98. The van der Waals surface area contributed by atoms with Crippen LogP contribution in [0.25, 0.3) is 0 Å². The molecule has 0 unspecified atom stereocenters. The number of aldehydes is 1. The van der Waals surface area contributed by atoms with Gasteiger partial charge < -0.3 is 9.53 Å². The van der Waals surface area contributed by atoms with Crippen molar-refractivity contribution in [1.29, 1.82) is 0 Å².